The zero-order valence-corrected chi connectivity index (χ0v) is 15.4. The molecule has 0 aliphatic heterocycles. The number of benzene rings is 1. The van der Waals surface area contributed by atoms with E-state index in [0.717, 1.165) is 10.4 Å². The maximum absolute atomic E-state index is 12.7. The van der Waals surface area contributed by atoms with Gasteiger partial charge in [0.1, 0.15) is 5.00 Å². The van der Waals surface area contributed by atoms with Crippen molar-refractivity contribution < 1.29 is 19.5 Å². The third kappa shape index (κ3) is 4.43. The lowest BCUT2D eigenvalue weighted by Gasteiger charge is -2.24. The number of hydrogen-bond donors (Lipinski definition) is 3. The van der Waals surface area contributed by atoms with Crippen molar-refractivity contribution in [2.24, 2.45) is 17.6 Å². The molecule has 2 amide bonds. The van der Waals surface area contributed by atoms with Crippen LogP contribution in [0.1, 0.15) is 33.6 Å². The van der Waals surface area contributed by atoms with Gasteiger partial charge in [0.15, 0.2) is 0 Å². The molecule has 1 aromatic heterocycles. The van der Waals surface area contributed by atoms with E-state index in [1.807, 2.05) is 36.4 Å². The van der Waals surface area contributed by atoms with Crippen LogP contribution in [0.4, 0.5) is 5.00 Å². The van der Waals surface area contributed by atoms with Crippen LogP contribution < -0.4 is 11.1 Å². The zero-order valence-electron chi connectivity index (χ0n) is 14.6. The summed E-state index contributed by atoms with van der Waals surface area (Å²) in [5.74, 6) is -3.46. The normalized spacial score (nSPS) is 18.8. The van der Waals surface area contributed by atoms with Crippen LogP contribution in [0.15, 0.2) is 48.6 Å². The Kier molecular flexibility index (Phi) is 5.71. The summed E-state index contributed by atoms with van der Waals surface area (Å²) >= 11 is 1.29. The van der Waals surface area contributed by atoms with Crippen LogP contribution in [-0.2, 0) is 16.0 Å². The molecule has 0 spiro atoms. The number of primary amides is 1. The maximum Gasteiger partial charge on any atom is 0.307 e. The molecule has 2 aromatic rings. The summed E-state index contributed by atoms with van der Waals surface area (Å²) in [5, 5.41) is 12.5. The van der Waals surface area contributed by atoms with Gasteiger partial charge < -0.3 is 16.2 Å². The summed E-state index contributed by atoms with van der Waals surface area (Å²) in [7, 11) is 0. The molecule has 0 saturated carbocycles. The zero-order chi connectivity index (χ0) is 19.4. The van der Waals surface area contributed by atoms with Crippen LogP contribution in [0, 0.1) is 11.8 Å². The minimum atomic E-state index is -0.995. The number of thiophene rings is 1. The second kappa shape index (κ2) is 8.18. The number of carbonyl (C=O) groups is 3. The lowest BCUT2D eigenvalue weighted by molar-refractivity contribution is -0.146. The molecule has 6 nitrogen and oxygen atoms in total. The highest BCUT2D eigenvalue weighted by Crippen LogP contribution is 2.32. The summed E-state index contributed by atoms with van der Waals surface area (Å²) < 4.78 is 0. The van der Waals surface area contributed by atoms with E-state index in [9.17, 15) is 19.5 Å². The van der Waals surface area contributed by atoms with Gasteiger partial charge in [0.25, 0.3) is 5.91 Å². The number of nitrogens with two attached hydrogens (primary N) is 1. The Hall–Kier alpha value is -2.93. The van der Waals surface area contributed by atoms with Gasteiger partial charge in [-0.25, -0.2) is 0 Å². The van der Waals surface area contributed by atoms with E-state index in [1.165, 1.54) is 11.3 Å². The maximum atomic E-state index is 12.7. The molecule has 27 heavy (non-hydrogen) atoms. The van der Waals surface area contributed by atoms with Crippen molar-refractivity contribution in [1.82, 2.24) is 0 Å². The molecule has 3 rings (SSSR count). The molecule has 0 radical (unpaired) electrons. The Morgan fingerprint density at radius 3 is 2.41 bits per heavy atom. The van der Waals surface area contributed by atoms with Gasteiger partial charge in [0.05, 0.1) is 17.4 Å². The van der Waals surface area contributed by atoms with Crippen LogP contribution >= 0.6 is 11.3 Å². The Morgan fingerprint density at radius 2 is 1.78 bits per heavy atom. The topological polar surface area (TPSA) is 109 Å². The highest BCUT2D eigenvalue weighted by Gasteiger charge is 2.34. The fraction of sp³-hybridized carbons (Fsp3) is 0.250. The van der Waals surface area contributed by atoms with E-state index in [1.54, 1.807) is 12.1 Å². The van der Waals surface area contributed by atoms with Gasteiger partial charge in [-0.1, -0.05) is 42.5 Å². The monoisotopic (exact) mass is 384 g/mol. The van der Waals surface area contributed by atoms with Crippen molar-refractivity contribution in [2.75, 3.05) is 5.32 Å². The van der Waals surface area contributed by atoms with Crippen molar-refractivity contribution in [3.05, 3.63) is 64.6 Å². The molecule has 4 N–H and O–H groups in total. The minimum absolute atomic E-state index is 0.248. The first-order valence-corrected chi connectivity index (χ1v) is 9.42. The largest absolute Gasteiger partial charge is 0.481 e. The molecule has 7 heteroatoms. The van der Waals surface area contributed by atoms with Crippen LogP contribution in [0.2, 0.25) is 0 Å². The van der Waals surface area contributed by atoms with Crippen LogP contribution in [0.5, 0.6) is 0 Å². The number of allylic oxidation sites excluding steroid dienone is 2. The molecule has 1 heterocycles. The Balaban J connectivity index is 1.81. The van der Waals surface area contributed by atoms with Crippen molar-refractivity contribution in [2.45, 2.75) is 19.3 Å². The van der Waals surface area contributed by atoms with E-state index >= 15 is 0 Å². The predicted molar refractivity (Wildman–Crippen MR) is 104 cm³/mol. The Labute approximate surface area is 160 Å². The molecule has 0 unspecified atom stereocenters. The number of hydrogen-bond acceptors (Lipinski definition) is 4. The van der Waals surface area contributed by atoms with E-state index in [2.05, 4.69) is 5.32 Å². The van der Waals surface area contributed by atoms with Gasteiger partial charge in [-0.05, 0) is 24.5 Å². The first kappa shape index (κ1) is 18.8. The summed E-state index contributed by atoms with van der Waals surface area (Å²) in [6.45, 7) is 0. The third-order valence-electron chi connectivity index (χ3n) is 4.59. The molecule has 2 atom stereocenters. The van der Waals surface area contributed by atoms with Gasteiger partial charge in [-0.2, -0.15) is 0 Å². The number of aliphatic carboxylic acids is 1. The predicted octanol–water partition coefficient (Wildman–Crippen LogP) is 3.04. The molecule has 0 bridgehead atoms. The molecule has 0 fully saturated rings. The second-order valence-corrected chi connectivity index (χ2v) is 7.60. The first-order valence-electron chi connectivity index (χ1n) is 8.61. The van der Waals surface area contributed by atoms with E-state index in [-0.39, 0.29) is 5.56 Å². The quantitative estimate of drug-likeness (QED) is 0.665. The van der Waals surface area contributed by atoms with Crippen LogP contribution in [0.3, 0.4) is 0 Å². The summed E-state index contributed by atoms with van der Waals surface area (Å²) in [4.78, 5) is 36.8. The number of rotatable bonds is 6. The smallest absolute Gasteiger partial charge is 0.307 e. The summed E-state index contributed by atoms with van der Waals surface area (Å²) in [5.41, 5.74) is 6.79. The molecular formula is C20H20N2O4S. The number of amides is 2. The van der Waals surface area contributed by atoms with Gasteiger partial charge in [0.2, 0.25) is 5.91 Å². The fourth-order valence-electron chi connectivity index (χ4n) is 3.18. The fourth-order valence-corrected chi connectivity index (χ4v) is 4.28. The number of carbonyl (C=O) groups excluding carboxylic acids is 2. The standard InChI is InChI=1S/C20H20N2O4S/c21-17(23)16-11-13(10-12-6-2-1-3-7-12)27-19(16)22-18(24)14-8-4-5-9-15(14)20(25)26/h1-7,11,14-15H,8-10H2,(H2,21,23)(H,22,24)(H,25,26)/t14-,15+/m0/s1. The Bertz CT molecular complexity index is 889. The van der Waals surface area contributed by atoms with E-state index in [4.69, 9.17) is 5.73 Å². The number of nitrogens with one attached hydrogen (secondary N) is 1. The van der Waals surface area contributed by atoms with Crippen LogP contribution in [-0.4, -0.2) is 22.9 Å². The summed E-state index contributed by atoms with van der Waals surface area (Å²) in [6, 6.07) is 11.4. The van der Waals surface area contributed by atoms with E-state index in [0.29, 0.717) is 24.3 Å². The second-order valence-electron chi connectivity index (χ2n) is 6.47. The molecule has 1 aliphatic rings. The number of carboxylic acids is 1. The highest BCUT2D eigenvalue weighted by molar-refractivity contribution is 7.16. The number of carboxylic acid groups (broad SMARTS) is 1. The van der Waals surface area contributed by atoms with Gasteiger partial charge in [-0.3, -0.25) is 14.4 Å². The lowest BCUT2D eigenvalue weighted by atomic mass is 9.82. The average molecular weight is 384 g/mol. The molecule has 0 saturated heterocycles. The van der Waals surface area contributed by atoms with Crippen LogP contribution in [0.25, 0.3) is 0 Å². The SMILES string of the molecule is NC(=O)c1cc(Cc2ccccc2)sc1NC(=O)[C@H]1CC=CC[C@H]1C(=O)O. The van der Waals surface area contributed by atoms with Crippen molar-refractivity contribution in [1.29, 1.82) is 0 Å². The van der Waals surface area contributed by atoms with Crippen molar-refractivity contribution in [3.63, 3.8) is 0 Å². The molecular weight excluding hydrogens is 364 g/mol. The first-order chi connectivity index (χ1) is 13.0. The number of anilines is 1. The third-order valence-corrected chi connectivity index (χ3v) is 5.64. The van der Waals surface area contributed by atoms with Gasteiger partial charge >= 0.3 is 5.97 Å². The molecule has 140 valence electrons. The van der Waals surface area contributed by atoms with Crippen molar-refractivity contribution in [3.8, 4) is 0 Å². The van der Waals surface area contributed by atoms with Crippen molar-refractivity contribution >= 4 is 34.1 Å². The van der Waals surface area contributed by atoms with Gasteiger partial charge in [0, 0.05) is 11.3 Å². The highest BCUT2D eigenvalue weighted by atomic mass is 32.1. The molecule has 1 aromatic carbocycles. The minimum Gasteiger partial charge on any atom is -0.481 e. The molecule has 1 aliphatic carbocycles. The Morgan fingerprint density at radius 1 is 1.11 bits per heavy atom. The average Bonchev–Trinajstić information content (AvgIpc) is 3.05. The van der Waals surface area contributed by atoms with Gasteiger partial charge in [-0.15, -0.1) is 11.3 Å². The lowest BCUT2D eigenvalue weighted by Crippen LogP contribution is -2.34. The summed E-state index contributed by atoms with van der Waals surface area (Å²) in [6.07, 6.45) is 4.89. The van der Waals surface area contributed by atoms with E-state index < -0.39 is 29.6 Å².